The molecule has 1 atom stereocenters. The van der Waals surface area contributed by atoms with Crippen molar-refractivity contribution in [2.75, 3.05) is 20.2 Å². The van der Waals surface area contributed by atoms with Crippen molar-refractivity contribution in [2.45, 2.75) is 30.4 Å². The lowest BCUT2D eigenvalue weighted by atomic mass is 10.2. The minimum absolute atomic E-state index is 0.0782. The van der Waals surface area contributed by atoms with E-state index in [9.17, 15) is 13.2 Å². The fourth-order valence-electron chi connectivity index (χ4n) is 3.60. The molecule has 0 unspecified atom stereocenters. The van der Waals surface area contributed by atoms with Crippen LogP contribution in [0.3, 0.4) is 0 Å². The summed E-state index contributed by atoms with van der Waals surface area (Å²) in [6.07, 6.45) is 5.34. The van der Waals surface area contributed by atoms with Gasteiger partial charge in [-0.25, -0.2) is 17.8 Å². The van der Waals surface area contributed by atoms with Crippen molar-refractivity contribution < 1.29 is 17.9 Å². The molecule has 2 aromatic carbocycles. The number of aromatic nitrogens is 2. The average molecular weight is 455 g/mol. The maximum absolute atomic E-state index is 12.8. The Labute approximate surface area is 187 Å². The standard InChI is InChI=1S/C23H26N4O4S/c1-26(16-18-14-24-27(17-18)20-6-3-2-4-7-20)23(28)19-9-11-22(12-10-19)32(29,30)25-15-21-8-5-13-31-21/h2-4,6-7,9-12,14,17,21,25H,5,8,13,15-16H2,1H3/t21-/m0/s1. The van der Waals surface area contributed by atoms with Crippen LogP contribution in [0.15, 0.2) is 71.9 Å². The first-order valence-corrected chi connectivity index (χ1v) is 12.0. The van der Waals surface area contributed by atoms with Crippen molar-refractivity contribution in [1.82, 2.24) is 19.4 Å². The molecule has 0 radical (unpaired) electrons. The molecule has 4 rings (SSSR count). The van der Waals surface area contributed by atoms with Crippen LogP contribution >= 0.6 is 0 Å². The second-order valence-electron chi connectivity index (χ2n) is 7.80. The normalized spacial score (nSPS) is 16.2. The number of rotatable bonds is 8. The number of hydrogen-bond acceptors (Lipinski definition) is 5. The number of hydrogen-bond donors (Lipinski definition) is 1. The predicted molar refractivity (Wildman–Crippen MR) is 120 cm³/mol. The van der Waals surface area contributed by atoms with Crippen molar-refractivity contribution in [3.8, 4) is 5.69 Å². The van der Waals surface area contributed by atoms with E-state index in [1.165, 1.54) is 24.3 Å². The first-order chi connectivity index (χ1) is 15.4. The van der Waals surface area contributed by atoms with Crippen LogP contribution < -0.4 is 4.72 Å². The molecule has 1 aliphatic rings. The zero-order chi connectivity index (χ0) is 22.6. The SMILES string of the molecule is CN(Cc1cnn(-c2ccccc2)c1)C(=O)c1ccc(S(=O)(=O)NC[C@@H]2CCCO2)cc1. The monoisotopic (exact) mass is 454 g/mol. The average Bonchev–Trinajstić information content (AvgIpc) is 3.50. The van der Waals surface area contributed by atoms with Gasteiger partial charge in [0.1, 0.15) is 0 Å². The van der Waals surface area contributed by atoms with Crippen molar-refractivity contribution in [3.05, 3.63) is 78.1 Å². The second kappa shape index (κ2) is 9.64. The quantitative estimate of drug-likeness (QED) is 0.565. The molecule has 1 N–H and O–H groups in total. The van der Waals surface area contributed by atoms with E-state index in [1.807, 2.05) is 36.5 Å². The van der Waals surface area contributed by atoms with Gasteiger partial charge in [0, 0.05) is 44.1 Å². The van der Waals surface area contributed by atoms with E-state index in [0.29, 0.717) is 18.7 Å². The molecular weight excluding hydrogens is 428 g/mol. The molecule has 1 aliphatic heterocycles. The van der Waals surface area contributed by atoms with Gasteiger partial charge >= 0.3 is 0 Å². The van der Waals surface area contributed by atoms with Crippen LogP contribution in [0.2, 0.25) is 0 Å². The molecule has 32 heavy (non-hydrogen) atoms. The van der Waals surface area contributed by atoms with Crippen molar-refractivity contribution in [2.24, 2.45) is 0 Å². The Morgan fingerprint density at radius 1 is 1.19 bits per heavy atom. The molecule has 8 nitrogen and oxygen atoms in total. The zero-order valence-corrected chi connectivity index (χ0v) is 18.7. The van der Waals surface area contributed by atoms with Crippen LogP contribution in [0.4, 0.5) is 0 Å². The van der Waals surface area contributed by atoms with Gasteiger partial charge < -0.3 is 9.64 Å². The van der Waals surface area contributed by atoms with Crippen molar-refractivity contribution >= 4 is 15.9 Å². The minimum atomic E-state index is -3.65. The Balaban J connectivity index is 1.37. The molecule has 3 aromatic rings. The lowest BCUT2D eigenvalue weighted by Crippen LogP contribution is -2.32. The van der Waals surface area contributed by atoms with E-state index in [-0.39, 0.29) is 23.5 Å². The highest BCUT2D eigenvalue weighted by atomic mass is 32.2. The van der Waals surface area contributed by atoms with Gasteiger partial charge in [-0.3, -0.25) is 4.79 Å². The molecule has 1 saturated heterocycles. The van der Waals surface area contributed by atoms with Gasteiger partial charge in [-0.2, -0.15) is 5.10 Å². The molecule has 1 aromatic heterocycles. The van der Waals surface area contributed by atoms with Crippen molar-refractivity contribution in [3.63, 3.8) is 0 Å². The summed E-state index contributed by atoms with van der Waals surface area (Å²) in [6, 6.07) is 15.7. The number of nitrogens with zero attached hydrogens (tertiary/aromatic N) is 3. The molecule has 1 fully saturated rings. The summed E-state index contributed by atoms with van der Waals surface area (Å²) >= 11 is 0. The van der Waals surface area contributed by atoms with E-state index < -0.39 is 10.0 Å². The van der Waals surface area contributed by atoms with Gasteiger partial charge in [0.15, 0.2) is 0 Å². The Morgan fingerprint density at radius 2 is 1.94 bits per heavy atom. The number of benzene rings is 2. The van der Waals surface area contributed by atoms with Gasteiger partial charge in [0.2, 0.25) is 10.0 Å². The predicted octanol–water partition coefficient (Wildman–Crippen LogP) is 2.60. The highest BCUT2D eigenvalue weighted by Crippen LogP contribution is 2.16. The smallest absolute Gasteiger partial charge is 0.253 e. The van der Waals surface area contributed by atoms with Crippen LogP contribution in [0.1, 0.15) is 28.8 Å². The van der Waals surface area contributed by atoms with E-state index in [1.54, 1.807) is 22.8 Å². The summed E-state index contributed by atoms with van der Waals surface area (Å²) in [4.78, 5) is 14.5. The third-order valence-corrected chi connectivity index (χ3v) is 6.80. The summed E-state index contributed by atoms with van der Waals surface area (Å²) in [5.41, 5.74) is 2.25. The van der Waals surface area contributed by atoms with Gasteiger partial charge in [-0.05, 0) is 49.2 Å². The Kier molecular flexibility index (Phi) is 6.69. The van der Waals surface area contributed by atoms with Crippen LogP contribution in [0.25, 0.3) is 5.69 Å². The molecule has 0 aliphatic carbocycles. The Morgan fingerprint density at radius 3 is 2.62 bits per heavy atom. The third-order valence-electron chi connectivity index (χ3n) is 5.36. The minimum Gasteiger partial charge on any atom is -0.377 e. The number of nitrogens with one attached hydrogen (secondary N) is 1. The summed E-state index contributed by atoms with van der Waals surface area (Å²) in [7, 11) is -1.94. The molecule has 1 amide bonds. The van der Waals surface area contributed by atoms with Gasteiger partial charge in [0.05, 0.1) is 22.9 Å². The molecule has 0 saturated carbocycles. The topological polar surface area (TPSA) is 93.5 Å². The second-order valence-corrected chi connectivity index (χ2v) is 9.57. The zero-order valence-electron chi connectivity index (χ0n) is 17.8. The van der Waals surface area contributed by atoms with Crippen LogP contribution in [0.5, 0.6) is 0 Å². The van der Waals surface area contributed by atoms with Crippen LogP contribution in [-0.2, 0) is 21.3 Å². The highest BCUT2D eigenvalue weighted by Gasteiger charge is 2.21. The first-order valence-electron chi connectivity index (χ1n) is 10.5. The summed E-state index contributed by atoms with van der Waals surface area (Å²) in [5.74, 6) is -0.200. The highest BCUT2D eigenvalue weighted by molar-refractivity contribution is 7.89. The van der Waals surface area contributed by atoms with Gasteiger partial charge in [0.25, 0.3) is 5.91 Å². The van der Waals surface area contributed by atoms with E-state index in [0.717, 1.165) is 24.1 Å². The van der Waals surface area contributed by atoms with Gasteiger partial charge in [-0.15, -0.1) is 0 Å². The molecule has 168 valence electrons. The lowest BCUT2D eigenvalue weighted by molar-refractivity contribution is 0.0785. The summed E-state index contributed by atoms with van der Waals surface area (Å²) in [5, 5.41) is 4.35. The van der Waals surface area contributed by atoms with E-state index >= 15 is 0 Å². The molecule has 2 heterocycles. The molecule has 9 heteroatoms. The van der Waals surface area contributed by atoms with Crippen LogP contribution in [-0.4, -0.2) is 55.3 Å². The van der Waals surface area contributed by atoms with E-state index in [2.05, 4.69) is 9.82 Å². The number of carbonyl (C=O) groups excluding carboxylic acids is 1. The molecule has 0 bridgehead atoms. The third kappa shape index (κ3) is 5.24. The maximum Gasteiger partial charge on any atom is 0.253 e. The van der Waals surface area contributed by atoms with Crippen molar-refractivity contribution in [1.29, 1.82) is 0 Å². The number of amides is 1. The molecule has 0 spiro atoms. The first kappa shape index (κ1) is 22.2. The maximum atomic E-state index is 12.8. The number of sulfonamides is 1. The lowest BCUT2D eigenvalue weighted by Gasteiger charge is -2.16. The fraction of sp³-hybridized carbons (Fsp3) is 0.304. The number of ether oxygens (including phenoxy) is 1. The van der Waals surface area contributed by atoms with Gasteiger partial charge in [-0.1, -0.05) is 18.2 Å². The largest absolute Gasteiger partial charge is 0.377 e. The van der Waals surface area contributed by atoms with E-state index in [4.69, 9.17) is 4.74 Å². The van der Waals surface area contributed by atoms with Crippen LogP contribution in [0, 0.1) is 0 Å². The number of carbonyl (C=O) groups is 1. The Hall–Kier alpha value is -3.01. The molecular formula is C23H26N4O4S. The summed E-state index contributed by atoms with van der Waals surface area (Å²) in [6.45, 7) is 1.31. The fourth-order valence-corrected chi connectivity index (χ4v) is 4.66. The summed E-state index contributed by atoms with van der Waals surface area (Å²) < 4.78 is 34.8. The number of para-hydroxylation sites is 1. The Bertz CT molecular complexity index is 1150.